The number of aliphatic hydroxyl groups excluding tert-OH is 2. The van der Waals surface area contributed by atoms with E-state index >= 15 is 0 Å². The van der Waals surface area contributed by atoms with Crippen LogP contribution in [0.1, 0.15) is 44.8 Å². The van der Waals surface area contributed by atoms with Crippen LogP contribution >= 0.6 is 0 Å². The standard InChI is InChI=1S/C18H25N3O5/c1-11-16(24)13(10-22)26-17(11)21-8-7-14(20-18(21)25)19-15(23)9-12-5-3-2-4-6-12/h7-8,12-13,16-17,22,24H,1-6,9-10H2,(H,19,20,23,25)/t13-,16+,17-/m1/s1. The molecule has 2 heterocycles. The van der Waals surface area contributed by atoms with Crippen molar-refractivity contribution in [2.24, 2.45) is 5.92 Å². The first-order chi connectivity index (χ1) is 12.5. The van der Waals surface area contributed by atoms with E-state index in [4.69, 9.17) is 4.74 Å². The number of carbonyl (C=O) groups excluding carboxylic acids is 1. The average Bonchev–Trinajstić information content (AvgIpc) is 2.91. The number of aromatic nitrogens is 2. The molecular formula is C18H25N3O5. The van der Waals surface area contributed by atoms with E-state index in [1.165, 1.54) is 23.3 Å². The lowest BCUT2D eigenvalue weighted by atomic mass is 9.87. The van der Waals surface area contributed by atoms with E-state index in [0.29, 0.717) is 12.3 Å². The predicted octanol–water partition coefficient (Wildman–Crippen LogP) is 0.959. The molecule has 0 bridgehead atoms. The summed E-state index contributed by atoms with van der Waals surface area (Å²) >= 11 is 0. The number of hydrogen-bond donors (Lipinski definition) is 3. The maximum Gasteiger partial charge on any atom is 0.351 e. The lowest BCUT2D eigenvalue weighted by Gasteiger charge is -2.20. The molecule has 1 saturated carbocycles. The van der Waals surface area contributed by atoms with Crippen molar-refractivity contribution in [3.8, 4) is 0 Å². The van der Waals surface area contributed by atoms with E-state index < -0.39 is 24.1 Å². The molecular weight excluding hydrogens is 338 g/mol. The number of ether oxygens (including phenoxy) is 1. The second-order valence-corrected chi connectivity index (χ2v) is 6.99. The van der Waals surface area contributed by atoms with Gasteiger partial charge in [0.2, 0.25) is 5.91 Å². The highest BCUT2D eigenvalue weighted by molar-refractivity contribution is 5.89. The van der Waals surface area contributed by atoms with Gasteiger partial charge in [-0.05, 0) is 24.8 Å². The largest absolute Gasteiger partial charge is 0.394 e. The van der Waals surface area contributed by atoms with E-state index in [9.17, 15) is 19.8 Å². The van der Waals surface area contributed by atoms with Gasteiger partial charge in [-0.2, -0.15) is 4.98 Å². The molecule has 8 nitrogen and oxygen atoms in total. The van der Waals surface area contributed by atoms with Gasteiger partial charge < -0.3 is 20.3 Å². The van der Waals surface area contributed by atoms with Crippen LogP contribution in [0.15, 0.2) is 29.2 Å². The maximum atomic E-state index is 12.3. The Balaban J connectivity index is 1.65. The normalized spacial score (nSPS) is 26.8. The highest BCUT2D eigenvalue weighted by Gasteiger charge is 2.38. The van der Waals surface area contributed by atoms with Crippen LogP contribution in [-0.2, 0) is 9.53 Å². The van der Waals surface area contributed by atoms with Gasteiger partial charge in [0.1, 0.15) is 18.0 Å². The van der Waals surface area contributed by atoms with Crippen LogP contribution in [0.5, 0.6) is 0 Å². The van der Waals surface area contributed by atoms with Crippen LogP contribution in [0, 0.1) is 5.92 Å². The van der Waals surface area contributed by atoms with Crippen LogP contribution in [0.4, 0.5) is 5.82 Å². The minimum atomic E-state index is -1.05. The number of rotatable bonds is 5. The fourth-order valence-electron chi connectivity index (χ4n) is 3.61. The van der Waals surface area contributed by atoms with Gasteiger partial charge in [-0.3, -0.25) is 9.36 Å². The highest BCUT2D eigenvalue weighted by atomic mass is 16.5. The predicted molar refractivity (Wildman–Crippen MR) is 94.5 cm³/mol. The molecule has 0 radical (unpaired) electrons. The summed E-state index contributed by atoms with van der Waals surface area (Å²) in [5.74, 6) is 0.449. The molecule has 1 aliphatic carbocycles. The Labute approximate surface area is 151 Å². The number of nitrogens with one attached hydrogen (secondary N) is 1. The number of anilines is 1. The number of carbonyl (C=O) groups is 1. The smallest absolute Gasteiger partial charge is 0.351 e. The molecule has 0 spiro atoms. The van der Waals surface area contributed by atoms with Crippen molar-refractivity contribution in [3.63, 3.8) is 0 Å². The van der Waals surface area contributed by atoms with Crippen molar-refractivity contribution in [1.29, 1.82) is 0 Å². The van der Waals surface area contributed by atoms with E-state index in [1.807, 2.05) is 0 Å². The third-order valence-corrected chi connectivity index (χ3v) is 5.08. The SMILES string of the molecule is C=C1[C@H](n2ccc(NC(=O)CC3CCCCC3)nc2=O)O[C@H](CO)[C@H]1O. The van der Waals surface area contributed by atoms with Crippen molar-refractivity contribution in [1.82, 2.24) is 9.55 Å². The van der Waals surface area contributed by atoms with Crippen molar-refractivity contribution in [2.75, 3.05) is 11.9 Å². The second-order valence-electron chi connectivity index (χ2n) is 6.99. The van der Waals surface area contributed by atoms with Gasteiger partial charge in [-0.25, -0.2) is 4.79 Å². The summed E-state index contributed by atoms with van der Waals surface area (Å²) in [4.78, 5) is 28.3. The Hall–Kier alpha value is -2.03. The Morgan fingerprint density at radius 1 is 1.38 bits per heavy atom. The van der Waals surface area contributed by atoms with Gasteiger partial charge in [0.15, 0.2) is 6.23 Å². The average molecular weight is 363 g/mol. The Morgan fingerprint density at radius 2 is 2.12 bits per heavy atom. The second kappa shape index (κ2) is 8.11. The van der Waals surface area contributed by atoms with Gasteiger partial charge in [0, 0.05) is 18.2 Å². The van der Waals surface area contributed by atoms with Crippen molar-refractivity contribution < 1.29 is 19.7 Å². The minimum Gasteiger partial charge on any atom is -0.394 e. The first-order valence-electron chi connectivity index (χ1n) is 9.01. The molecule has 2 fully saturated rings. The summed E-state index contributed by atoms with van der Waals surface area (Å²) in [6.45, 7) is 3.34. The van der Waals surface area contributed by atoms with Gasteiger partial charge in [-0.15, -0.1) is 0 Å². The summed E-state index contributed by atoms with van der Waals surface area (Å²) in [6.07, 6.45) is 4.81. The molecule has 0 aromatic carbocycles. The van der Waals surface area contributed by atoms with E-state index in [1.54, 1.807) is 0 Å². The first kappa shape index (κ1) is 18.8. The van der Waals surface area contributed by atoms with Crippen molar-refractivity contribution in [2.45, 2.75) is 57.0 Å². The maximum absolute atomic E-state index is 12.3. The molecule has 1 aromatic rings. The third kappa shape index (κ3) is 4.03. The van der Waals surface area contributed by atoms with Gasteiger partial charge in [-0.1, -0.05) is 25.8 Å². The molecule has 1 amide bonds. The summed E-state index contributed by atoms with van der Waals surface area (Å²) in [5.41, 5.74) is -0.348. The first-order valence-corrected chi connectivity index (χ1v) is 9.01. The zero-order valence-corrected chi connectivity index (χ0v) is 14.6. The van der Waals surface area contributed by atoms with Gasteiger partial charge in [0.05, 0.1) is 6.61 Å². The van der Waals surface area contributed by atoms with Crippen molar-refractivity contribution in [3.05, 3.63) is 34.9 Å². The molecule has 1 saturated heterocycles. The summed E-state index contributed by atoms with van der Waals surface area (Å²) in [7, 11) is 0. The zero-order chi connectivity index (χ0) is 18.7. The van der Waals surface area contributed by atoms with Crippen LogP contribution in [0.25, 0.3) is 0 Å². The fraction of sp³-hybridized carbons (Fsp3) is 0.611. The van der Waals surface area contributed by atoms with Gasteiger partial charge >= 0.3 is 5.69 Å². The summed E-state index contributed by atoms with van der Waals surface area (Å²) < 4.78 is 6.64. The van der Waals surface area contributed by atoms with Crippen LogP contribution in [0.2, 0.25) is 0 Å². The number of aliphatic hydroxyl groups is 2. The fourth-order valence-corrected chi connectivity index (χ4v) is 3.61. The Morgan fingerprint density at radius 3 is 2.73 bits per heavy atom. The summed E-state index contributed by atoms with van der Waals surface area (Å²) in [5, 5.41) is 21.8. The monoisotopic (exact) mass is 363 g/mol. The third-order valence-electron chi connectivity index (χ3n) is 5.08. The molecule has 26 heavy (non-hydrogen) atoms. The number of nitrogens with zero attached hydrogens (tertiary/aromatic N) is 2. The molecule has 142 valence electrons. The topological polar surface area (TPSA) is 114 Å². The van der Waals surface area contributed by atoms with Crippen LogP contribution in [0.3, 0.4) is 0 Å². The Bertz CT molecular complexity index is 726. The molecule has 1 aromatic heterocycles. The number of hydrogen-bond acceptors (Lipinski definition) is 6. The lowest BCUT2D eigenvalue weighted by Crippen LogP contribution is -2.29. The molecule has 3 atom stereocenters. The van der Waals surface area contributed by atoms with E-state index in [2.05, 4.69) is 16.9 Å². The molecule has 3 N–H and O–H groups in total. The van der Waals surface area contributed by atoms with Gasteiger partial charge in [0.25, 0.3) is 0 Å². The highest BCUT2D eigenvalue weighted by Crippen LogP contribution is 2.32. The van der Waals surface area contributed by atoms with E-state index in [0.717, 1.165) is 25.7 Å². The van der Waals surface area contributed by atoms with Crippen LogP contribution in [-0.4, -0.2) is 44.5 Å². The molecule has 3 rings (SSSR count). The quantitative estimate of drug-likeness (QED) is 0.672. The molecule has 2 aliphatic rings. The lowest BCUT2D eigenvalue weighted by molar-refractivity contribution is -0.117. The minimum absolute atomic E-state index is 0.140. The zero-order valence-electron chi connectivity index (χ0n) is 14.6. The summed E-state index contributed by atoms with van der Waals surface area (Å²) in [6, 6.07) is 1.51. The van der Waals surface area contributed by atoms with Crippen molar-refractivity contribution >= 4 is 11.7 Å². The number of amides is 1. The Kier molecular flexibility index (Phi) is 5.85. The van der Waals surface area contributed by atoms with Crippen LogP contribution < -0.4 is 11.0 Å². The van der Waals surface area contributed by atoms with E-state index in [-0.39, 0.29) is 23.9 Å². The molecule has 1 aliphatic heterocycles. The molecule has 8 heteroatoms. The molecule has 0 unspecified atom stereocenters.